The van der Waals surface area contributed by atoms with Crippen LogP contribution in [0.15, 0.2) is 182 Å². The number of fused-ring (bicyclic) bond motifs is 1. The molecule has 66 heavy (non-hydrogen) atoms. The Hall–Kier alpha value is -6.29. The van der Waals surface area contributed by atoms with Gasteiger partial charge in [-0.25, -0.2) is 0 Å². The minimum Gasteiger partial charge on any atom is -0.310 e. The molecule has 0 heterocycles. The largest absolute Gasteiger partial charge is 0.310 e. The summed E-state index contributed by atoms with van der Waals surface area (Å²) in [5.41, 5.74) is 13.9. The van der Waals surface area contributed by atoms with Crippen molar-refractivity contribution in [3.05, 3.63) is 209 Å². The Bertz CT molecular complexity index is 2660. The summed E-state index contributed by atoms with van der Waals surface area (Å²) < 4.78 is 0. The monoisotopic (exact) mass is 887 g/mol. The Morgan fingerprint density at radius 1 is 0.288 bits per heavy atom. The molecule has 0 aromatic heterocycles. The van der Waals surface area contributed by atoms with Crippen molar-refractivity contribution < 1.29 is 0 Å². The third-order valence-corrected chi connectivity index (χ3v) is 13.1. The van der Waals surface area contributed by atoms with Crippen molar-refractivity contribution in [1.82, 2.24) is 0 Å². The molecule has 0 fully saturated rings. The van der Waals surface area contributed by atoms with Crippen LogP contribution in [0.1, 0.15) is 105 Å². The van der Waals surface area contributed by atoms with Crippen LogP contribution in [0.25, 0.3) is 10.8 Å². The van der Waals surface area contributed by atoms with E-state index in [1.54, 1.807) is 0 Å². The zero-order valence-corrected chi connectivity index (χ0v) is 41.8. The summed E-state index contributed by atoms with van der Waals surface area (Å²) in [6.45, 7) is 27.2. The fourth-order valence-corrected chi connectivity index (χ4v) is 9.02. The molecule has 0 bridgehead atoms. The van der Waals surface area contributed by atoms with Crippen molar-refractivity contribution >= 4 is 73.6 Å². The van der Waals surface area contributed by atoms with Crippen LogP contribution in [-0.2, 0) is 21.7 Å². The van der Waals surface area contributed by atoms with Gasteiger partial charge < -0.3 is 14.7 Å². The van der Waals surface area contributed by atoms with Gasteiger partial charge in [-0.15, -0.1) is 0 Å². The highest BCUT2D eigenvalue weighted by molar-refractivity contribution is 6.37. The highest BCUT2D eigenvalue weighted by Gasteiger charge is 2.28. The lowest BCUT2D eigenvalue weighted by Gasteiger charge is -2.35. The molecule has 0 N–H and O–H groups in total. The molecule has 0 aliphatic carbocycles. The van der Waals surface area contributed by atoms with Crippen LogP contribution in [0.4, 0.5) is 51.2 Å². The fourth-order valence-electron chi connectivity index (χ4n) is 8.74. The lowest BCUT2D eigenvalue weighted by Crippen LogP contribution is -2.18. The molecular formula is C62H66ClN3. The number of hydrogen-bond acceptors (Lipinski definition) is 3. The van der Waals surface area contributed by atoms with Crippen molar-refractivity contribution in [3.8, 4) is 0 Å². The summed E-state index contributed by atoms with van der Waals surface area (Å²) in [6, 6.07) is 66.5. The standard InChI is InChI=1S/C62H66ClN3/c1-59(2,3)44-25-33-49(34-26-44)64(50-35-27-45(28-36-50)60(4,5)6)56-41-53(66(48-21-14-13-15-22-48)55-24-18-20-43-19-16-17-23-54(43)55)42-57(58(56)63)65(51-37-29-46(30-38-51)61(7,8)9)52-39-31-47(32-40-52)62(10,11)12/h13-42H,1-12H3. The van der Waals surface area contributed by atoms with Gasteiger partial charge in [0.1, 0.15) is 0 Å². The molecule has 8 rings (SSSR count). The van der Waals surface area contributed by atoms with Crippen LogP contribution in [0.5, 0.6) is 0 Å². The van der Waals surface area contributed by atoms with Gasteiger partial charge in [-0.3, -0.25) is 0 Å². The summed E-state index contributed by atoms with van der Waals surface area (Å²) in [5, 5.41) is 2.95. The molecule has 0 spiro atoms. The number of para-hydroxylation sites is 1. The molecule has 0 unspecified atom stereocenters. The normalized spacial score (nSPS) is 12.3. The molecule has 0 saturated heterocycles. The SMILES string of the molecule is CC(C)(C)c1ccc(N(c2ccc(C(C)(C)C)cc2)c2cc(N(c3ccccc3)c3cccc4ccccc34)cc(N(c3ccc(C(C)(C)C)cc3)c3ccc(C(C)(C)C)cc3)c2Cl)cc1. The summed E-state index contributed by atoms with van der Waals surface area (Å²) in [4.78, 5) is 7.06. The van der Waals surface area contributed by atoms with Crippen LogP contribution >= 0.6 is 11.6 Å². The van der Waals surface area contributed by atoms with Gasteiger partial charge in [0.05, 0.1) is 27.8 Å². The van der Waals surface area contributed by atoms with E-state index in [1.807, 2.05) is 0 Å². The van der Waals surface area contributed by atoms with Crippen LogP contribution in [0, 0.1) is 0 Å². The van der Waals surface area contributed by atoms with Crippen molar-refractivity contribution in [2.24, 2.45) is 0 Å². The Labute approximate surface area is 400 Å². The first kappa shape index (κ1) is 46.2. The van der Waals surface area contributed by atoms with Crippen molar-refractivity contribution in [2.45, 2.75) is 105 Å². The van der Waals surface area contributed by atoms with Crippen molar-refractivity contribution in [3.63, 3.8) is 0 Å². The molecule has 3 nitrogen and oxygen atoms in total. The van der Waals surface area contributed by atoms with Crippen LogP contribution < -0.4 is 14.7 Å². The van der Waals surface area contributed by atoms with Crippen LogP contribution in [0.2, 0.25) is 5.02 Å². The molecular weight excluding hydrogens is 822 g/mol. The van der Waals surface area contributed by atoms with E-state index in [4.69, 9.17) is 11.6 Å². The first-order valence-corrected chi connectivity index (χ1v) is 23.8. The molecule has 0 amide bonds. The Balaban J connectivity index is 1.48. The first-order valence-electron chi connectivity index (χ1n) is 23.4. The van der Waals surface area contributed by atoms with E-state index >= 15 is 0 Å². The molecule has 0 atom stereocenters. The van der Waals surface area contributed by atoms with E-state index in [-0.39, 0.29) is 21.7 Å². The zero-order chi connectivity index (χ0) is 47.2. The van der Waals surface area contributed by atoms with Crippen molar-refractivity contribution in [1.29, 1.82) is 0 Å². The van der Waals surface area contributed by atoms with Crippen LogP contribution in [0.3, 0.4) is 0 Å². The Kier molecular flexibility index (Phi) is 12.5. The number of benzene rings is 8. The Morgan fingerprint density at radius 2 is 0.591 bits per heavy atom. The molecule has 0 aliphatic rings. The topological polar surface area (TPSA) is 9.72 Å². The number of hydrogen-bond donors (Lipinski definition) is 0. The lowest BCUT2D eigenvalue weighted by atomic mass is 9.86. The van der Waals surface area contributed by atoms with E-state index in [9.17, 15) is 0 Å². The van der Waals surface area contributed by atoms with Gasteiger partial charge >= 0.3 is 0 Å². The van der Waals surface area contributed by atoms with E-state index in [0.29, 0.717) is 5.02 Å². The molecule has 0 aliphatic heterocycles. The van der Waals surface area contributed by atoms with Crippen LogP contribution in [-0.4, -0.2) is 0 Å². The van der Waals surface area contributed by atoms with Gasteiger partial charge in [-0.05, 0) is 128 Å². The second-order valence-corrected chi connectivity index (χ2v) is 22.2. The van der Waals surface area contributed by atoms with E-state index < -0.39 is 0 Å². The van der Waals surface area contributed by atoms with Gasteiger partial charge in [-0.1, -0.05) is 198 Å². The molecule has 336 valence electrons. The molecule has 0 saturated carbocycles. The molecule has 8 aromatic carbocycles. The van der Waals surface area contributed by atoms with Gasteiger partial charge in [0, 0.05) is 33.8 Å². The third-order valence-electron chi connectivity index (χ3n) is 12.7. The maximum absolute atomic E-state index is 8.18. The smallest absolute Gasteiger partial charge is 0.0888 e. The third kappa shape index (κ3) is 9.65. The highest BCUT2D eigenvalue weighted by Crippen LogP contribution is 2.52. The Morgan fingerprint density at radius 3 is 0.955 bits per heavy atom. The number of anilines is 9. The average Bonchev–Trinajstić information content (AvgIpc) is 3.28. The summed E-state index contributed by atoms with van der Waals surface area (Å²) in [6.07, 6.45) is 0. The summed E-state index contributed by atoms with van der Waals surface area (Å²) in [7, 11) is 0. The van der Waals surface area contributed by atoms with Gasteiger partial charge in [0.15, 0.2) is 0 Å². The van der Waals surface area contributed by atoms with Crippen molar-refractivity contribution in [2.75, 3.05) is 14.7 Å². The quantitative estimate of drug-likeness (QED) is 0.143. The van der Waals surface area contributed by atoms with E-state index in [1.165, 1.54) is 27.6 Å². The second-order valence-electron chi connectivity index (χ2n) is 21.8. The maximum Gasteiger partial charge on any atom is 0.0888 e. The van der Waals surface area contributed by atoms with Gasteiger partial charge in [0.2, 0.25) is 0 Å². The predicted octanol–water partition coefficient (Wildman–Crippen LogP) is 19.1. The predicted molar refractivity (Wildman–Crippen MR) is 288 cm³/mol. The zero-order valence-electron chi connectivity index (χ0n) is 41.0. The molecule has 8 aromatic rings. The minimum absolute atomic E-state index is 0.0112. The van der Waals surface area contributed by atoms with E-state index in [2.05, 4.69) is 280 Å². The summed E-state index contributed by atoms with van der Waals surface area (Å²) >= 11 is 8.18. The lowest BCUT2D eigenvalue weighted by molar-refractivity contribution is 0.590. The minimum atomic E-state index is -0.0112. The second kappa shape index (κ2) is 17.8. The highest BCUT2D eigenvalue weighted by atomic mass is 35.5. The number of rotatable bonds is 9. The molecule has 0 radical (unpaired) electrons. The number of nitrogens with zero attached hydrogens (tertiary/aromatic N) is 3. The van der Waals surface area contributed by atoms with Gasteiger partial charge in [0.25, 0.3) is 0 Å². The average molecular weight is 889 g/mol. The summed E-state index contributed by atoms with van der Waals surface area (Å²) in [5.74, 6) is 0. The molecule has 4 heteroatoms. The number of halogens is 1. The fraction of sp³-hybridized carbons (Fsp3) is 0.258. The van der Waals surface area contributed by atoms with Gasteiger partial charge in [-0.2, -0.15) is 0 Å². The van der Waals surface area contributed by atoms with E-state index in [0.717, 1.165) is 56.6 Å². The first-order chi connectivity index (χ1) is 31.2. The maximum atomic E-state index is 8.18.